The van der Waals surface area contributed by atoms with Gasteiger partial charge in [-0.25, -0.2) is 0 Å². The molecule has 4 rings (SSSR count). The first-order valence-electron chi connectivity index (χ1n) is 11.5. The maximum atomic E-state index is 12.9. The predicted octanol–water partition coefficient (Wildman–Crippen LogP) is 3.59. The summed E-state index contributed by atoms with van der Waals surface area (Å²) in [5.74, 6) is 1.88. The number of likely N-dealkylation sites (tertiary alicyclic amines) is 2. The Bertz CT molecular complexity index is 711. The fourth-order valence-electron chi connectivity index (χ4n) is 5.28. The fourth-order valence-corrected chi connectivity index (χ4v) is 5.28. The molecule has 1 aromatic rings. The quantitative estimate of drug-likeness (QED) is 0.680. The van der Waals surface area contributed by atoms with Gasteiger partial charge in [0.1, 0.15) is 6.10 Å². The lowest BCUT2D eigenvalue weighted by Crippen LogP contribution is -2.43. The van der Waals surface area contributed by atoms with Crippen LogP contribution in [-0.2, 0) is 4.74 Å². The predicted molar refractivity (Wildman–Crippen MR) is 116 cm³/mol. The number of piperidine rings is 1. The molecule has 0 aromatic heterocycles. The second-order valence-electron chi connectivity index (χ2n) is 9.02. The highest BCUT2D eigenvalue weighted by Gasteiger charge is 2.29. The van der Waals surface area contributed by atoms with Crippen LogP contribution in [0, 0.1) is 5.92 Å². The zero-order valence-electron chi connectivity index (χ0n) is 18.5. The van der Waals surface area contributed by atoms with E-state index >= 15 is 0 Å². The van der Waals surface area contributed by atoms with E-state index in [1.165, 1.54) is 25.7 Å². The minimum atomic E-state index is 0.0586. The summed E-state index contributed by atoms with van der Waals surface area (Å²) in [5, 5.41) is 0. The van der Waals surface area contributed by atoms with E-state index in [9.17, 15) is 4.79 Å². The van der Waals surface area contributed by atoms with Crippen LogP contribution in [0.2, 0.25) is 0 Å². The Kier molecular flexibility index (Phi) is 7.16. The number of nitrogens with zero attached hydrogens (tertiary/aromatic N) is 2. The minimum Gasteiger partial charge on any atom is -0.493 e. The van der Waals surface area contributed by atoms with Gasteiger partial charge in [-0.1, -0.05) is 12.8 Å². The van der Waals surface area contributed by atoms with Crippen LogP contribution in [0.25, 0.3) is 0 Å². The van der Waals surface area contributed by atoms with Crippen LogP contribution in [0.5, 0.6) is 11.5 Å². The Hall–Kier alpha value is -1.79. The van der Waals surface area contributed by atoms with Gasteiger partial charge in [0.2, 0.25) is 0 Å². The van der Waals surface area contributed by atoms with Crippen molar-refractivity contribution in [1.82, 2.24) is 9.80 Å². The Morgan fingerprint density at radius 1 is 1.00 bits per heavy atom. The van der Waals surface area contributed by atoms with Gasteiger partial charge in [-0.3, -0.25) is 4.79 Å². The molecule has 2 aliphatic heterocycles. The van der Waals surface area contributed by atoms with Crippen molar-refractivity contribution in [2.24, 2.45) is 5.92 Å². The first-order valence-corrected chi connectivity index (χ1v) is 11.5. The molecule has 2 heterocycles. The van der Waals surface area contributed by atoms with E-state index in [0.717, 1.165) is 57.2 Å². The molecule has 3 fully saturated rings. The lowest BCUT2D eigenvalue weighted by atomic mass is 10.0. The first-order chi connectivity index (χ1) is 14.7. The van der Waals surface area contributed by atoms with Gasteiger partial charge in [0.15, 0.2) is 11.5 Å². The molecule has 0 N–H and O–H groups in total. The summed E-state index contributed by atoms with van der Waals surface area (Å²) in [4.78, 5) is 17.5. The van der Waals surface area contributed by atoms with Crippen molar-refractivity contribution in [3.05, 3.63) is 23.8 Å². The molecule has 1 saturated carbocycles. The molecule has 0 spiro atoms. The number of benzene rings is 1. The number of carbonyl (C=O) groups is 1. The van der Waals surface area contributed by atoms with Crippen molar-refractivity contribution in [2.75, 3.05) is 47.0 Å². The molecule has 30 heavy (non-hydrogen) atoms. The molecular formula is C24H36N2O4. The third-order valence-corrected chi connectivity index (χ3v) is 7.00. The van der Waals surface area contributed by atoms with E-state index in [-0.39, 0.29) is 12.0 Å². The number of hydrogen-bond acceptors (Lipinski definition) is 5. The van der Waals surface area contributed by atoms with Gasteiger partial charge < -0.3 is 24.0 Å². The van der Waals surface area contributed by atoms with Crippen molar-refractivity contribution in [1.29, 1.82) is 0 Å². The van der Waals surface area contributed by atoms with E-state index < -0.39 is 0 Å². The van der Waals surface area contributed by atoms with Crippen molar-refractivity contribution >= 4 is 5.91 Å². The molecule has 6 heteroatoms. The number of methoxy groups -OCH3 is 2. The first kappa shape index (κ1) is 21.4. The topological polar surface area (TPSA) is 51.2 Å². The summed E-state index contributed by atoms with van der Waals surface area (Å²) in [6, 6.07) is 6.39. The molecule has 0 radical (unpaired) electrons. The SMILES string of the molecule is COC[C@H]1CCN(C(=O)c2ccc(OC3CCN(C4CCCC4)CC3)c(OC)c2)C1. The van der Waals surface area contributed by atoms with Crippen LogP contribution < -0.4 is 9.47 Å². The molecule has 0 unspecified atom stereocenters. The smallest absolute Gasteiger partial charge is 0.254 e. The summed E-state index contributed by atoms with van der Waals surface area (Å²) in [5.41, 5.74) is 0.660. The van der Waals surface area contributed by atoms with E-state index in [2.05, 4.69) is 4.90 Å². The summed E-state index contributed by atoms with van der Waals surface area (Å²) in [7, 11) is 3.36. The largest absolute Gasteiger partial charge is 0.493 e. The lowest BCUT2D eigenvalue weighted by molar-refractivity contribution is 0.0747. The Morgan fingerprint density at radius 3 is 2.47 bits per heavy atom. The summed E-state index contributed by atoms with van der Waals surface area (Å²) in [6.07, 6.45) is 8.80. The van der Waals surface area contributed by atoms with Gasteiger partial charge in [-0.2, -0.15) is 0 Å². The third-order valence-electron chi connectivity index (χ3n) is 7.00. The number of carbonyl (C=O) groups excluding carboxylic acids is 1. The van der Waals surface area contributed by atoms with Crippen LogP contribution in [0.4, 0.5) is 0 Å². The third kappa shape index (κ3) is 4.92. The average Bonchev–Trinajstić information content (AvgIpc) is 3.47. The summed E-state index contributed by atoms with van der Waals surface area (Å²) in [6.45, 7) is 4.48. The average molecular weight is 417 g/mol. The van der Waals surface area contributed by atoms with E-state index in [1.54, 1.807) is 14.2 Å². The van der Waals surface area contributed by atoms with Gasteiger partial charge in [-0.15, -0.1) is 0 Å². The molecule has 0 bridgehead atoms. The molecular weight excluding hydrogens is 380 g/mol. The van der Waals surface area contributed by atoms with Crippen LogP contribution >= 0.6 is 0 Å². The van der Waals surface area contributed by atoms with Crippen LogP contribution in [-0.4, -0.2) is 74.9 Å². The number of amides is 1. The highest BCUT2D eigenvalue weighted by atomic mass is 16.5. The maximum Gasteiger partial charge on any atom is 0.254 e. The van der Waals surface area contributed by atoms with Crippen molar-refractivity contribution in [3.8, 4) is 11.5 Å². The summed E-state index contributed by atoms with van der Waals surface area (Å²) < 4.78 is 17.1. The molecule has 3 aliphatic rings. The van der Waals surface area contributed by atoms with Gasteiger partial charge in [0.25, 0.3) is 5.91 Å². The maximum absolute atomic E-state index is 12.9. The van der Waals surface area contributed by atoms with E-state index in [4.69, 9.17) is 14.2 Å². The van der Waals surface area contributed by atoms with Gasteiger partial charge in [0, 0.05) is 50.8 Å². The lowest BCUT2D eigenvalue weighted by Gasteiger charge is -2.36. The number of rotatable bonds is 7. The summed E-state index contributed by atoms with van der Waals surface area (Å²) >= 11 is 0. The normalized spacial score (nSPS) is 23.8. The van der Waals surface area contributed by atoms with Crippen LogP contribution in [0.15, 0.2) is 18.2 Å². The Labute approximate surface area is 180 Å². The Balaban J connectivity index is 1.34. The van der Waals surface area contributed by atoms with Crippen molar-refractivity contribution in [3.63, 3.8) is 0 Å². The van der Waals surface area contributed by atoms with Crippen molar-refractivity contribution < 1.29 is 19.0 Å². The van der Waals surface area contributed by atoms with Crippen LogP contribution in [0.3, 0.4) is 0 Å². The molecule has 1 amide bonds. The molecule has 6 nitrogen and oxygen atoms in total. The highest BCUT2D eigenvalue weighted by Crippen LogP contribution is 2.33. The standard InChI is InChI=1S/C24H36N2O4/c1-28-17-18-9-12-26(16-18)24(27)19-7-8-22(23(15-19)29-2)30-21-10-13-25(14-11-21)20-5-3-4-6-20/h7-8,15,18,20-21H,3-6,9-14,16-17H2,1-2H3/t18-/m0/s1. The number of hydrogen-bond donors (Lipinski definition) is 0. The van der Waals surface area contributed by atoms with Crippen LogP contribution in [0.1, 0.15) is 55.3 Å². The van der Waals surface area contributed by atoms with Gasteiger partial charge in [-0.05, 0) is 50.3 Å². The second-order valence-corrected chi connectivity index (χ2v) is 9.02. The zero-order chi connectivity index (χ0) is 20.9. The fraction of sp³-hybridized carbons (Fsp3) is 0.708. The monoisotopic (exact) mass is 416 g/mol. The molecule has 2 saturated heterocycles. The van der Waals surface area contributed by atoms with Gasteiger partial charge in [0.05, 0.1) is 13.7 Å². The van der Waals surface area contributed by atoms with Crippen molar-refractivity contribution in [2.45, 2.75) is 57.1 Å². The number of ether oxygens (including phenoxy) is 3. The molecule has 1 aromatic carbocycles. The molecule has 1 aliphatic carbocycles. The zero-order valence-corrected chi connectivity index (χ0v) is 18.5. The van der Waals surface area contributed by atoms with Gasteiger partial charge >= 0.3 is 0 Å². The highest BCUT2D eigenvalue weighted by molar-refractivity contribution is 5.95. The minimum absolute atomic E-state index is 0.0586. The van der Waals surface area contributed by atoms with E-state index in [0.29, 0.717) is 23.8 Å². The Morgan fingerprint density at radius 2 is 1.77 bits per heavy atom. The van der Waals surface area contributed by atoms with E-state index in [1.807, 2.05) is 23.1 Å². The molecule has 1 atom stereocenters. The second kappa shape index (κ2) is 10.0. The molecule has 166 valence electrons.